The van der Waals surface area contributed by atoms with Gasteiger partial charge in [0.25, 0.3) is 0 Å². The van der Waals surface area contributed by atoms with E-state index < -0.39 is 10.0 Å². The number of aromatic nitrogens is 1. The quantitative estimate of drug-likeness (QED) is 0.716. The molecule has 2 aromatic rings. The van der Waals surface area contributed by atoms with Crippen LogP contribution in [0.3, 0.4) is 0 Å². The van der Waals surface area contributed by atoms with Gasteiger partial charge in [0.2, 0.25) is 15.9 Å². The van der Waals surface area contributed by atoms with Crippen LogP contribution in [-0.2, 0) is 21.4 Å². The van der Waals surface area contributed by atoms with E-state index in [-0.39, 0.29) is 23.8 Å². The lowest BCUT2D eigenvalue weighted by molar-refractivity contribution is -0.121. The Hall–Kier alpha value is -2.25. The molecule has 0 spiro atoms. The predicted octanol–water partition coefficient (Wildman–Crippen LogP) is 1.46. The zero-order valence-corrected chi connectivity index (χ0v) is 13.4. The van der Waals surface area contributed by atoms with Crippen LogP contribution in [0.5, 0.6) is 0 Å². The average Bonchev–Trinajstić information content (AvgIpc) is 2.59. The zero-order valence-electron chi connectivity index (χ0n) is 12.6. The number of pyridine rings is 1. The summed E-state index contributed by atoms with van der Waals surface area (Å²) in [7, 11) is -3.50. The maximum absolute atomic E-state index is 12.0. The van der Waals surface area contributed by atoms with E-state index in [9.17, 15) is 13.2 Å². The summed E-state index contributed by atoms with van der Waals surface area (Å²) < 4.78 is 26.4. The Morgan fingerprint density at radius 1 is 1.09 bits per heavy atom. The van der Waals surface area contributed by atoms with Crippen molar-refractivity contribution in [3.05, 3.63) is 60.4 Å². The molecule has 0 aliphatic rings. The van der Waals surface area contributed by atoms with Crippen molar-refractivity contribution in [1.29, 1.82) is 0 Å². The maximum Gasteiger partial charge on any atom is 0.240 e. The van der Waals surface area contributed by atoms with Crippen molar-refractivity contribution < 1.29 is 13.2 Å². The SMILES string of the molecule is O=C(CCCNS(=O)(=O)c1ccccc1)NCc1cccnc1. The summed E-state index contributed by atoms with van der Waals surface area (Å²) in [5.41, 5.74) is 0.922. The number of carbonyl (C=O) groups is 1. The van der Waals surface area contributed by atoms with Gasteiger partial charge < -0.3 is 5.32 Å². The first-order chi connectivity index (χ1) is 11.1. The van der Waals surface area contributed by atoms with Crippen LogP contribution in [0.1, 0.15) is 18.4 Å². The molecule has 1 aromatic heterocycles. The first-order valence-corrected chi connectivity index (χ1v) is 8.76. The second kappa shape index (κ2) is 8.40. The van der Waals surface area contributed by atoms with Crippen LogP contribution in [0.15, 0.2) is 59.8 Å². The fraction of sp³-hybridized carbons (Fsp3) is 0.250. The fourth-order valence-electron chi connectivity index (χ4n) is 1.93. The second-order valence-electron chi connectivity index (χ2n) is 4.95. The topological polar surface area (TPSA) is 88.2 Å². The number of rotatable bonds is 8. The van der Waals surface area contributed by atoms with E-state index >= 15 is 0 Å². The third-order valence-electron chi connectivity index (χ3n) is 3.14. The number of hydrogen-bond donors (Lipinski definition) is 2. The van der Waals surface area contributed by atoms with Crippen LogP contribution >= 0.6 is 0 Å². The molecule has 0 radical (unpaired) electrons. The van der Waals surface area contributed by atoms with Crippen molar-refractivity contribution in [2.45, 2.75) is 24.3 Å². The van der Waals surface area contributed by atoms with Gasteiger partial charge in [0.15, 0.2) is 0 Å². The van der Waals surface area contributed by atoms with Crippen LogP contribution in [0.4, 0.5) is 0 Å². The molecular formula is C16H19N3O3S. The molecule has 0 saturated carbocycles. The molecule has 1 heterocycles. The highest BCUT2D eigenvalue weighted by molar-refractivity contribution is 7.89. The van der Waals surface area contributed by atoms with E-state index in [1.165, 1.54) is 12.1 Å². The minimum absolute atomic E-state index is 0.118. The van der Waals surface area contributed by atoms with Crippen LogP contribution < -0.4 is 10.0 Å². The molecule has 7 heteroatoms. The molecule has 0 aliphatic heterocycles. The number of benzene rings is 1. The standard InChI is InChI=1S/C16H19N3O3S/c20-16(18-13-14-6-4-10-17-12-14)9-5-11-19-23(21,22)15-7-2-1-3-8-15/h1-4,6-8,10,12,19H,5,9,11,13H2,(H,18,20). The molecule has 0 bridgehead atoms. The van der Waals surface area contributed by atoms with E-state index in [4.69, 9.17) is 0 Å². The molecule has 1 amide bonds. The lowest BCUT2D eigenvalue weighted by atomic mass is 10.2. The molecule has 0 atom stereocenters. The summed E-state index contributed by atoms with van der Waals surface area (Å²) in [6.07, 6.45) is 4.06. The van der Waals surface area contributed by atoms with Crippen LogP contribution in [0, 0.1) is 0 Å². The van der Waals surface area contributed by atoms with E-state index in [1.54, 1.807) is 36.7 Å². The Morgan fingerprint density at radius 3 is 2.57 bits per heavy atom. The summed E-state index contributed by atoms with van der Waals surface area (Å²) in [5, 5.41) is 2.77. The number of amides is 1. The van der Waals surface area contributed by atoms with Crippen LogP contribution in [-0.4, -0.2) is 25.9 Å². The lowest BCUT2D eigenvalue weighted by Gasteiger charge is -2.07. The Labute approximate surface area is 136 Å². The third kappa shape index (κ3) is 5.80. The molecule has 0 unspecified atom stereocenters. The van der Waals surface area contributed by atoms with Gasteiger partial charge in [0.05, 0.1) is 4.90 Å². The van der Waals surface area contributed by atoms with Gasteiger partial charge in [-0.1, -0.05) is 24.3 Å². The van der Waals surface area contributed by atoms with Crippen molar-refractivity contribution in [2.75, 3.05) is 6.54 Å². The van der Waals surface area contributed by atoms with Gasteiger partial charge in [0.1, 0.15) is 0 Å². The molecule has 23 heavy (non-hydrogen) atoms. The van der Waals surface area contributed by atoms with E-state index in [1.807, 2.05) is 6.07 Å². The van der Waals surface area contributed by atoms with Crippen molar-refractivity contribution in [2.24, 2.45) is 0 Å². The molecule has 0 saturated heterocycles. The van der Waals surface area contributed by atoms with Gasteiger partial charge >= 0.3 is 0 Å². The Bertz CT molecular complexity index is 719. The first kappa shape index (κ1) is 17.1. The summed E-state index contributed by atoms with van der Waals surface area (Å²) in [5.74, 6) is -0.118. The molecule has 2 N–H and O–H groups in total. The maximum atomic E-state index is 12.0. The predicted molar refractivity (Wildman–Crippen MR) is 86.9 cm³/mol. The number of carbonyl (C=O) groups excluding carboxylic acids is 1. The summed E-state index contributed by atoms with van der Waals surface area (Å²) in [4.78, 5) is 15.9. The van der Waals surface area contributed by atoms with E-state index in [2.05, 4.69) is 15.0 Å². The van der Waals surface area contributed by atoms with Gasteiger partial charge in [-0.3, -0.25) is 9.78 Å². The highest BCUT2D eigenvalue weighted by atomic mass is 32.2. The zero-order chi connectivity index (χ0) is 16.5. The summed E-state index contributed by atoms with van der Waals surface area (Å²) >= 11 is 0. The second-order valence-corrected chi connectivity index (χ2v) is 6.72. The highest BCUT2D eigenvalue weighted by Crippen LogP contribution is 2.07. The summed E-state index contributed by atoms with van der Waals surface area (Å²) in [6.45, 7) is 0.639. The Morgan fingerprint density at radius 2 is 1.87 bits per heavy atom. The van der Waals surface area contributed by atoms with Crippen molar-refractivity contribution in [3.8, 4) is 0 Å². The molecule has 2 rings (SSSR count). The molecule has 0 aliphatic carbocycles. The minimum Gasteiger partial charge on any atom is -0.352 e. The number of sulfonamides is 1. The van der Waals surface area contributed by atoms with Gasteiger partial charge in [-0.05, 0) is 30.2 Å². The van der Waals surface area contributed by atoms with Crippen LogP contribution in [0.2, 0.25) is 0 Å². The minimum atomic E-state index is -3.50. The average molecular weight is 333 g/mol. The van der Waals surface area contributed by atoms with Crippen molar-refractivity contribution in [3.63, 3.8) is 0 Å². The first-order valence-electron chi connectivity index (χ1n) is 7.28. The number of hydrogen-bond acceptors (Lipinski definition) is 4. The normalized spacial score (nSPS) is 11.1. The Kier molecular flexibility index (Phi) is 6.25. The van der Waals surface area contributed by atoms with Gasteiger partial charge in [-0.2, -0.15) is 0 Å². The van der Waals surface area contributed by atoms with Gasteiger partial charge in [-0.15, -0.1) is 0 Å². The number of nitrogens with one attached hydrogen (secondary N) is 2. The largest absolute Gasteiger partial charge is 0.352 e. The summed E-state index contributed by atoms with van der Waals surface area (Å²) in [6, 6.07) is 11.8. The third-order valence-corrected chi connectivity index (χ3v) is 4.62. The molecule has 122 valence electrons. The molecule has 0 fully saturated rings. The highest BCUT2D eigenvalue weighted by Gasteiger charge is 2.12. The molecule has 1 aromatic carbocycles. The molecular weight excluding hydrogens is 314 g/mol. The van der Waals surface area contributed by atoms with E-state index in [0.717, 1.165) is 5.56 Å². The Balaban J connectivity index is 1.68. The number of nitrogens with zero attached hydrogens (tertiary/aromatic N) is 1. The van der Waals surface area contributed by atoms with Crippen molar-refractivity contribution in [1.82, 2.24) is 15.0 Å². The van der Waals surface area contributed by atoms with Crippen LogP contribution in [0.25, 0.3) is 0 Å². The van der Waals surface area contributed by atoms with Gasteiger partial charge in [0, 0.05) is 31.9 Å². The van der Waals surface area contributed by atoms with Gasteiger partial charge in [-0.25, -0.2) is 13.1 Å². The fourth-order valence-corrected chi connectivity index (χ4v) is 3.03. The van der Waals surface area contributed by atoms with E-state index in [0.29, 0.717) is 13.0 Å². The molecule has 6 nitrogen and oxygen atoms in total. The lowest BCUT2D eigenvalue weighted by Crippen LogP contribution is -2.27. The smallest absolute Gasteiger partial charge is 0.240 e. The van der Waals surface area contributed by atoms with Crippen molar-refractivity contribution >= 4 is 15.9 Å². The monoisotopic (exact) mass is 333 g/mol.